The Morgan fingerprint density at radius 3 is 2.47 bits per heavy atom. The Kier molecular flexibility index (Phi) is 3.76. The van der Waals surface area contributed by atoms with Crippen molar-refractivity contribution >= 4 is 5.95 Å². The van der Waals surface area contributed by atoms with Crippen LogP contribution in [-0.2, 0) is 0 Å². The average molecular weight is 261 g/mol. The highest BCUT2D eigenvalue weighted by Crippen LogP contribution is 2.18. The van der Waals surface area contributed by atoms with Crippen LogP contribution in [-0.4, -0.2) is 21.3 Å². The molecular weight excluding hydrogens is 246 g/mol. The molecule has 0 fully saturated rings. The third kappa shape index (κ3) is 3.08. The van der Waals surface area contributed by atoms with E-state index in [1.807, 2.05) is 13.8 Å². The molecular formula is C12H15N5O2. The highest BCUT2D eigenvalue weighted by Gasteiger charge is 2.07. The molecule has 7 heteroatoms. The van der Waals surface area contributed by atoms with Crippen molar-refractivity contribution in [2.75, 3.05) is 5.43 Å². The third-order valence-electron chi connectivity index (χ3n) is 2.33. The van der Waals surface area contributed by atoms with Crippen molar-refractivity contribution in [2.24, 2.45) is 5.84 Å². The quantitative estimate of drug-likeness (QED) is 0.558. The summed E-state index contributed by atoms with van der Waals surface area (Å²) in [5.41, 5.74) is 2.76. The molecule has 1 heterocycles. The number of nitrogens with zero attached hydrogens (tertiary/aromatic N) is 2. The fourth-order valence-electron chi connectivity index (χ4n) is 1.55. The first kappa shape index (κ1) is 13.0. The molecule has 0 unspecified atom stereocenters. The fraction of sp³-hybridized carbons (Fsp3) is 0.250. The van der Waals surface area contributed by atoms with Crippen molar-refractivity contribution in [3.63, 3.8) is 0 Å². The van der Waals surface area contributed by atoms with Crippen LogP contribution in [0.15, 0.2) is 29.1 Å². The topological polar surface area (TPSA) is 106 Å². The molecule has 4 N–H and O–H groups in total. The smallest absolute Gasteiger partial charge is 0.279 e. The van der Waals surface area contributed by atoms with E-state index in [0.29, 0.717) is 5.56 Å². The Balaban J connectivity index is 2.29. The Bertz CT molecular complexity index is 606. The lowest BCUT2D eigenvalue weighted by molar-refractivity contribution is 0.242. The van der Waals surface area contributed by atoms with E-state index < -0.39 is 0 Å². The molecule has 0 aliphatic carbocycles. The van der Waals surface area contributed by atoms with Gasteiger partial charge in [-0.25, -0.2) is 5.84 Å². The van der Waals surface area contributed by atoms with Gasteiger partial charge < -0.3 is 4.74 Å². The molecule has 0 spiro atoms. The number of aromatic nitrogens is 3. The van der Waals surface area contributed by atoms with Gasteiger partial charge in [0, 0.05) is 5.56 Å². The van der Waals surface area contributed by atoms with Crippen molar-refractivity contribution in [3.05, 3.63) is 34.6 Å². The maximum Gasteiger partial charge on any atom is 0.279 e. The SMILES string of the molecule is CC(C)Oc1ccc(-c2nnc(NN)[nH]c2=O)cc1. The molecule has 0 aliphatic heterocycles. The molecule has 2 aromatic rings. The lowest BCUT2D eigenvalue weighted by Gasteiger charge is -2.09. The summed E-state index contributed by atoms with van der Waals surface area (Å²) >= 11 is 0. The maximum atomic E-state index is 11.8. The van der Waals surface area contributed by atoms with Crippen LogP contribution in [0, 0.1) is 0 Å². The van der Waals surface area contributed by atoms with E-state index in [2.05, 4.69) is 20.6 Å². The number of nitrogens with two attached hydrogens (primary N) is 1. The van der Waals surface area contributed by atoms with Gasteiger partial charge in [0.1, 0.15) is 5.75 Å². The number of ether oxygens (including phenoxy) is 1. The number of hydrogen-bond acceptors (Lipinski definition) is 6. The van der Waals surface area contributed by atoms with Crippen LogP contribution in [0.3, 0.4) is 0 Å². The molecule has 7 nitrogen and oxygen atoms in total. The summed E-state index contributed by atoms with van der Waals surface area (Å²) < 4.78 is 5.52. The molecule has 1 aromatic carbocycles. The molecule has 0 atom stereocenters. The molecule has 2 rings (SSSR count). The zero-order chi connectivity index (χ0) is 13.8. The summed E-state index contributed by atoms with van der Waals surface area (Å²) in [6, 6.07) is 7.08. The second kappa shape index (κ2) is 5.49. The van der Waals surface area contributed by atoms with E-state index in [0.717, 1.165) is 5.75 Å². The molecule has 0 saturated carbocycles. The first-order valence-corrected chi connectivity index (χ1v) is 5.81. The van der Waals surface area contributed by atoms with E-state index in [1.54, 1.807) is 24.3 Å². The Morgan fingerprint density at radius 1 is 1.26 bits per heavy atom. The van der Waals surface area contributed by atoms with Crippen LogP contribution in [0.4, 0.5) is 5.95 Å². The number of nitrogens with one attached hydrogen (secondary N) is 2. The van der Waals surface area contributed by atoms with Crippen molar-refractivity contribution in [1.29, 1.82) is 0 Å². The van der Waals surface area contributed by atoms with Gasteiger partial charge >= 0.3 is 0 Å². The number of H-pyrrole nitrogens is 1. The van der Waals surface area contributed by atoms with Gasteiger partial charge in [0.2, 0.25) is 5.95 Å². The number of rotatable bonds is 4. The third-order valence-corrected chi connectivity index (χ3v) is 2.33. The number of benzene rings is 1. The zero-order valence-electron chi connectivity index (χ0n) is 10.7. The van der Waals surface area contributed by atoms with Gasteiger partial charge in [0.15, 0.2) is 5.69 Å². The fourth-order valence-corrected chi connectivity index (χ4v) is 1.55. The Hall–Kier alpha value is -2.41. The molecule has 0 amide bonds. The summed E-state index contributed by atoms with van der Waals surface area (Å²) in [5, 5.41) is 7.57. The molecule has 0 radical (unpaired) electrons. The van der Waals surface area contributed by atoms with Crippen LogP contribution in [0.5, 0.6) is 5.75 Å². The largest absolute Gasteiger partial charge is 0.491 e. The standard InChI is InChI=1S/C12H15N5O2/c1-7(2)19-9-5-3-8(4-6-9)10-11(18)14-12(15-13)17-16-10/h3-7H,13H2,1-2H3,(H2,14,15,17,18). The first-order valence-electron chi connectivity index (χ1n) is 5.81. The zero-order valence-corrected chi connectivity index (χ0v) is 10.7. The second-order valence-electron chi connectivity index (χ2n) is 4.19. The first-order chi connectivity index (χ1) is 9.10. The van der Waals surface area contributed by atoms with E-state index in [1.165, 1.54) is 0 Å². The average Bonchev–Trinajstić information content (AvgIpc) is 2.39. The predicted octanol–water partition coefficient (Wildman–Crippen LogP) is 0.905. The number of nitrogen functional groups attached to an aromatic ring is 1. The summed E-state index contributed by atoms with van der Waals surface area (Å²) in [7, 11) is 0. The monoisotopic (exact) mass is 261 g/mol. The van der Waals surface area contributed by atoms with Crippen LogP contribution < -0.4 is 21.6 Å². The maximum absolute atomic E-state index is 11.8. The van der Waals surface area contributed by atoms with Crippen LogP contribution in [0.1, 0.15) is 13.8 Å². The van der Waals surface area contributed by atoms with E-state index in [9.17, 15) is 4.79 Å². The lowest BCUT2D eigenvalue weighted by atomic mass is 10.1. The van der Waals surface area contributed by atoms with Crippen molar-refractivity contribution in [3.8, 4) is 17.0 Å². The van der Waals surface area contributed by atoms with Crippen LogP contribution in [0.25, 0.3) is 11.3 Å². The summed E-state index contributed by atoms with van der Waals surface area (Å²) in [5.74, 6) is 5.99. The van der Waals surface area contributed by atoms with E-state index in [4.69, 9.17) is 10.6 Å². The Labute approximate surface area is 109 Å². The summed E-state index contributed by atoms with van der Waals surface area (Å²) in [4.78, 5) is 14.3. The molecule has 100 valence electrons. The highest BCUT2D eigenvalue weighted by atomic mass is 16.5. The van der Waals surface area contributed by atoms with Crippen molar-refractivity contribution in [1.82, 2.24) is 15.2 Å². The summed E-state index contributed by atoms with van der Waals surface area (Å²) in [6.45, 7) is 3.89. The van der Waals surface area contributed by atoms with E-state index in [-0.39, 0.29) is 23.3 Å². The van der Waals surface area contributed by atoms with Gasteiger partial charge in [-0.1, -0.05) is 0 Å². The molecule has 0 saturated heterocycles. The van der Waals surface area contributed by atoms with Gasteiger partial charge in [-0.15, -0.1) is 10.2 Å². The number of aromatic amines is 1. The molecule has 0 bridgehead atoms. The van der Waals surface area contributed by atoms with E-state index >= 15 is 0 Å². The number of hydrogen-bond donors (Lipinski definition) is 3. The van der Waals surface area contributed by atoms with Crippen molar-refractivity contribution in [2.45, 2.75) is 20.0 Å². The van der Waals surface area contributed by atoms with Gasteiger partial charge in [0.05, 0.1) is 6.10 Å². The molecule has 0 aliphatic rings. The predicted molar refractivity (Wildman–Crippen MR) is 71.7 cm³/mol. The van der Waals surface area contributed by atoms with Gasteiger partial charge in [-0.2, -0.15) is 0 Å². The summed E-state index contributed by atoms with van der Waals surface area (Å²) in [6.07, 6.45) is 0.101. The minimum absolute atomic E-state index is 0.101. The second-order valence-corrected chi connectivity index (χ2v) is 4.19. The molecule has 19 heavy (non-hydrogen) atoms. The van der Waals surface area contributed by atoms with Crippen LogP contribution >= 0.6 is 0 Å². The normalized spacial score (nSPS) is 10.5. The van der Waals surface area contributed by atoms with Gasteiger partial charge in [0.25, 0.3) is 5.56 Å². The number of anilines is 1. The minimum atomic E-state index is -0.361. The van der Waals surface area contributed by atoms with Gasteiger partial charge in [-0.05, 0) is 38.1 Å². The van der Waals surface area contributed by atoms with Crippen LogP contribution in [0.2, 0.25) is 0 Å². The highest BCUT2D eigenvalue weighted by molar-refractivity contribution is 5.58. The Morgan fingerprint density at radius 2 is 1.95 bits per heavy atom. The lowest BCUT2D eigenvalue weighted by Crippen LogP contribution is -2.19. The van der Waals surface area contributed by atoms with Gasteiger partial charge in [-0.3, -0.25) is 15.2 Å². The van der Waals surface area contributed by atoms with Crippen molar-refractivity contribution < 1.29 is 4.74 Å². The number of hydrazine groups is 1. The molecule has 1 aromatic heterocycles. The minimum Gasteiger partial charge on any atom is -0.491 e.